The van der Waals surface area contributed by atoms with E-state index in [1.165, 1.54) is 12.2 Å². The van der Waals surface area contributed by atoms with Crippen molar-refractivity contribution in [2.75, 3.05) is 18.1 Å². The highest BCUT2D eigenvalue weighted by Crippen LogP contribution is 2.43. The molecule has 0 N–H and O–H groups in total. The van der Waals surface area contributed by atoms with Crippen LogP contribution in [0.4, 0.5) is 5.69 Å². The van der Waals surface area contributed by atoms with Gasteiger partial charge in [0.25, 0.3) is 11.8 Å². The molecule has 0 bridgehead atoms. The fraction of sp³-hybridized carbons (Fsp3) is 0.450. The zero-order chi connectivity index (χ0) is 18.7. The summed E-state index contributed by atoms with van der Waals surface area (Å²) in [5, 5.41) is 0. The number of anilines is 1. The number of hydrogen-bond acceptors (Lipinski definition) is 5. The zero-order valence-electron chi connectivity index (χ0n) is 15.1. The smallest absolute Gasteiger partial charge is 0.338 e. The molecule has 2 aliphatic heterocycles. The van der Waals surface area contributed by atoms with E-state index in [4.69, 9.17) is 9.47 Å². The molecule has 0 saturated carbocycles. The molecule has 1 saturated heterocycles. The van der Waals surface area contributed by atoms with Crippen LogP contribution in [0.1, 0.15) is 43.5 Å². The van der Waals surface area contributed by atoms with Crippen molar-refractivity contribution in [1.82, 2.24) is 0 Å². The van der Waals surface area contributed by atoms with E-state index >= 15 is 0 Å². The van der Waals surface area contributed by atoms with Crippen molar-refractivity contribution in [1.29, 1.82) is 0 Å². The third-order valence-electron chi connectivity index (χ3n) is 5.33. The molecule has 2 unspecified atom stereocenters. The number of benzene rings is 1. The maximum absolute atomic E-state index is 12.2. The second-order valence-corrected chi connectivity index (χ2v) is 6.70. The Hall–Kier alpha value is -2.47. The van der Waals surface area contributed by atoms with Gasteiger partial charge in [0.15, 0.2) is 0 Å². The molecular weight excluding hydrogens is 334 g/mol. The van der Waals surface area contributed by atoms with E-state index in [0.717, 1.165) is 30.8 Å². The molecule has 2 aliphatic rings. The number of carbonyl (C=O) groups is 3. The summed E-state index contributed by atoms with van der Waals surface area (Å²) in [5.74, 6) is -1.18. The van der Waals surface area contributed by atoms with Crippen molar-refractivity contribution in [3.05, 3.63) is 42.0 Å². The van der Waals surface area contributed by atoms with Crippen molar-refractivity contribution in [3.8, 4) is 0 Å². The normalized spacial score (nSPS) is 24.7. The highest BCUT2D eigenvalue weighted by atomic mass is 16.5. The lowest BCUT2D eigenvalue weighted by atomic mass is 9.72. The van der Waals surface area contributed by atoms with Gasteiger partial charge in [-0.05, 0) is 43.5 Å². The van der Waals surface area contributed by atoms with Crippen LogP contribution in [0, 0.1) is 5.41 Å². The maximum Gasteiger partial charge on any atom is 0.338 e. The molecule has 138 valence electrons. The van der Waals surface area contributed by atoms with Crippen LogP contribution in [0.2, 0.25) is 0 Å². The summed E-state index contributed by atoms with van der Waals surface area (Å²) in [7, 11) is 0. The van der Waals surface area contributed by atoms with Gasteiger partial charge >= 0.3 is 5.97 Å². The molecule has 1 aromatic rings. The Kier molecular flexibility index (Phi) is 5.23. The van der Waals surface area contributed by atoms with Gasteiger partial charge in [-0.25, -0.2) is 9.69 Å². The number of amides is 2. The molecule has 3 rings (SSSR count). The van der Waals surface area contributed by atoms with Crippen LogP contribution in [0.5, 0.6) is 0 Å². The second kappa shape index (κ2) is 7.41. The standard InChI is InChI=1S/C20H23NO5/c1-3-16-20(4-2,13-26-16)11-12-25-19(24)14-5-7-15(8-6-14)21-17(22)9-10-18(21)23/h5-10,16H,3-4,11-13H2,1-2H3. The number of imide groups is 1. The fourth-order valence-corrected chi connectivity index (χ4v) is 3.56. The van der Waals surface area contributed by atoms with E-state index < -0.39 is 5.97 Å². The number of esters is 1. The molecule has 2 heterocycles. The minimum Gasteiger partial charge on any atom is -0.462 e. The number of hydrogen-bond donors (Lipinski definition) is 0. The van der Waals surface area contributed by atoms with Gasteiger partial charge in [-0.2, -0.15) is 0 Å². The van der Waals surface area contributed by atoms with Gasteiger partial charge in [0.05, 0.1) is 30.6 Å². The van der Waals surface area contributed by atoms with Gasteiger partial charge in [-0.15, -0.1) is 0 Å². The largest absolute Gasteiger partial charge is 0.462 e. The predicted octanol–water partition coefficient (Wildman–Crippen LogP) is 2.87. The quantitative estimate of drug-likeness (QED) is 0.554. The highest BCUT2D eigenvalue weighted by Gasteiger charge is 2.45. The van der Waals surface area contributed by atoms with E-state index in [0.29, 0.717) is 17.9 Å². The first-order valence-corrected chi connectivity index (χ1v) is 8.95. The van der Waals surface area contributed by atoms with Crippen molar-refractivity contribution < 1.29 is 23.9 Å². The monoisotopic (exact) mass is 357 g/mol. The van der Waals surface area contributed by atoms with E-state index in [1.807, 2.05) is 0 Å². The lowest BCUT2D eigenvalue weighted by Crippen LogP contribution is -2.51. The Bertz CT molecular complexity index is 715. The van der Waals surface area contributed by atoms with Gasteiger partial charge < -0.3 is 9.47 Å². The highest BCUT2D eigenvalue weighted by molar-refractivity contribution is 6.28. The Morgan fingerprint density at radius 3 is 2.35 bits per heavy atom. The Morgan fingerprint density at radius 1 is 1.19 bits per heavy atom. The van der Waals surface area contributed by atoms with Crippen molar-refractivity contribution >= 4 is 23.5 Å². The number of nitrogens with zero attached hydrogens (tertiary/aromatic N) is 1. The second-order valence-electron chi connectivity index (χ2n) is 6.70. The van der Waals surface area contributed by atoms with E-state index in [9.17, 15) is 14.4 Å². The van der Waals surface area contributed by atoms with Crippen molar-refractivity contribution in [3.63, 3.8) is 0 Å². The van der Waals surface area contributed by atoms with Crippen molar-refractivity contribution in [2.24, 2.45) is 5.41 Å². The molecule has 2 atom stereocenters. The van der Waals surface area contributed by atoms with Gasteiger partial charge in [0.2, 0.25) is 0 Å². The predicted molar refractivity (Wildman–Crippen MR) is 95.7 cm³/mol. The van der Waals surface area contributed by atoms with Gasteiger partial charge in [0.1, 0.15) is 0 Å². The summed E-state index contributed by atoms with van der Waals surface area (Å²) < 4.78 is 11.0. The Labute approximate surface area is 152 Å². The van der Waals surface area contributed by atoms with Gasteiger partial charge in [-0.1, -0.05) is 13.8 Å². The minimum atomic E-state index is -0.409. The summed E-state index contributed by atoms with van der Waals surface area (Å²) in [6, 6.07) is 6.26. The molecule has 0 aliphatic carbocycles. The third kappa shape index (κ3) is 3.29. The van der Waals surface area contributed by atoms with Crippen LogP contribution in [-0.2, 0) is 19.1 Å². The molecule has 0 radical (unpaired) electrons. The van der Waals surface area contributed by atoms with E-state index in [2.05, 4.69) is 13.8 Å². The molecular formula is C20H23NO5. The Balaban J connectivity index is 1.55. The molecule has 1 aromatic carbocycles. The average molecular weight is 357 g/mol. The number of carbonyl (C=O) groups excluding carboxylic acids is 3. The summed E-state index contributed by atoms with van der Waals surface area (Å²) in [6.45, 7) is 5.32. The average Bonchev–Trinajstić information content (AvgIpc) is 2.96. The minimum absolute atomic E-state index is 0.113. The van der Waals surface area contributed by atoms with Gasteiger partial charge in [0, 0.05) is 17.6 Å². The van der Waals surface area contributed by atoms with Crippen LogP contribution >= 0.6 is 0 Å². The molecule has 6 nitrogen and oxygen atoms in total. The van der Waals surface area contributed by atoms with Crippen molar-refractivity contribution in [2.45, 2.75) is 39.2 Å². The fourth-order valence-electron chi connectivity index (χ4n) is 3.56. The molecule has 0 aromatic heterocycles. The summed E-state index contributed by atoms with van der Waals surface area (Å²) in [4.78, 5) is 36.6. The van der Waals surface area contributed by atoms with Crippen LogP contribution in [0.25, 0.3) is 0 Å². The molecule has 26 heavy (non-hydrogen) atoms. The Morgan fingerprint density at radius 2 is 1.85 bits per heavy atom. The molecule has 6 heteroatoms. The van der Waals surface area contributed by atoms with Crippen LogP contribution in [0.15, 0.2) is 36.4 Å². The lowest BCUT2D eigenvalue weighted by molar-refractivity contribution is -0.196. The molecule has 0 spiro atoms. The summed E-state index contributed by atoms with van der Waals surface area (Å²) >= 11 is 0. The molecule has 1 fully saturated rings. The number of ether oxygens (including phenoxy) is 2. The first-order chi connectivity index (χ1) is 12.5. The topological polar surface area (TPSA) is 72.9 Å². The first-order valence-electron chi connectivity index (χ1n) is 8.95. The van der Waals surface area contributed by atoms with Crippen LogP contribution in [-0.4, -0.2) is 37.1 Å². The lowest BCUT2D eigenvalue weighted by Gasteiger charge is -2.48. The molecule has 2 amide bonds. The van der Waals surface area contributed by atoms with Crippen LogP contribution in [0.3, 0.4) is 0 Å². The van der Waals surface area contributed by atoms with Crippen LogP contribution < -0.4 is 4.90 Å². The van der Waals surface area contributed by atoms with Gasteiger partial charge in [-0.3, -0.25) is 9.59 Å². The summed E-state index contributed by atoms with van der Waals surface area (Å²) in [5.41, 5.74) is 0.940. The van der Waals surface area contributed by atoms with E-state index in [-0.39, 0.29) is 23.3 Å². The first kappa shape index (κ1) is 18.3. The zero-order valence-corrected chi connectivity index (χ0v) is 15.1. The third-order valence-corrected chi connectivity index (χ3v) is 5.33. The SMILES string of the molecule is CCC1OCC1(CC)CCOC(=O)c1ccc(N2C(=O)C=CC2=O)cc1. The maximum atomic E-state index is 12.2. The van der Waals surface area contributed by atoms with E-state index in [1.54, 1.807) is 24.3 Å². The number of rotatable bonds is 7. The summed E-state index contributed by atoms with van der Waals surface area (Å²) in [6.07, 6.45) is 5.45.